The molecule has 6 nitrogen and oxygen atoms in total. The molecule has 2 amide bonds. The van der Waals surface area contributed by atoms with E-state index in [9.17, 15) is 14.4 Å². The molecule has 2 aromatic carbocycles. The lowest BCUT2D eigenvalue weighted by atomic mass is 10.1. The highest BCUT2D eigenvalue weighted by atomic mass is 16.4. The maximum Gasteiger partial charge on any atom is 0.336 e. The molecule has 0 fully saturated rings. The van der Waals surface area contributed by atoms with Crippen molar-refractivity contribution in [2.75, 3.05) is 5.32 Å². The predicted octanol–water partition coefficient (Wildman–Crippen LogP) is 2.14. The molecule has 4 N–H and O–H groups in total. The number of carboxylic acid groups (broad SMARTS) is 1. The average molecular weight is 310 g/mol. The lowest BCUT2D eigenvalue weighted by Gasteiger charge is -2.06. The van der Waals surface area contributed by atoms with Gasteiger partial charge in [0.2, 0.25) is 5.91 Å². The number of carbonyl (C=O) groups excluding carboxylic acids is 2. The second-order valence-electron chi connectivity index (χ2n) is 4.62. The first-order valence-electron chi connectivity index (χ1n) is 6.69. The topological polar surface area (TPSA) is 109 Å². The highest BCUT2D eigenvalue weighted by Gasteiger charge is 2.09. The quantitative estimate of drug-likeness (QED) is 0.735. The average Bonchev–Trinajstić information content (AvgIpc) is 2.53. The smallest absolute Gasteiger partial charge is 0.336 e. The number of primary amides is 1. The molecule has 0 aliphatic rings. The molecule has 0 aromatic heterocycles. The molecule has 0 unspecified atom stereocenters. The van der Waals surface area contributed by atoms with Crippen LogP contribution in [0.15, 0.2) is 54.6 Å². The van der Waals surface area contributed by atoms with E-state index in [1.165, 1.54) is 24.3 Å². The number of rotatable bonds is 5. The van der Waals surface area contributed by atoms with Gasteiger partial charge in [-0.15, -0.1) is 0 Å². The molecule has 116 valence electrons. The second-order valence-corrected chi connectivity index (χ2v) is 4.62. The number of nitrogens with two attached hydrogens (primary N) is 1. The van der Waals surface area contributed by atoms with Crippen LogP contribution in [0.4, 0.5) is 5.69 Å². The highest BCUT2D eigenvalue weighted by molar-refractivity contribution is 6.07. The summed E-state index contributed by atoms with van der Waals surface area (Å²) >= 11 is 0. The van der Waals surface area contributed by atoms with Crippen LogP contribution in [-0.2, 0) is 4.79 Å². The van der Waals surface area contributed by atoms with Crippen molar-refractivity contribution in [3.8, 4) is 0 Å². The molecule has 6 heteroatoms. The van der Waals surface area contributed by atoms with Crippen LogP contribution in [0.1, 0.15) is 26.3 Å². The fourth-order valence-electron chi connectivity index (χ4n) is 1.98. The van der Waals surface area contributed by atoms with E-state index in [1.54, 1.807) is 36.4 Å². The summed E-state index contributed by atoms with van der Waals surface area (Å²) in [5.74, 6) is -2.23. The first-order chi connectivity index (χ1) is 11.0. The molecule has 0 heterocycles. The number of hydrogen-bond donors (Lipinski definition) is 3. The number of carboxylic acids is 1. The van der Waals surface area contributed by atoms with Crippen LogP contribution in [0, 0.1) is 0 Å². The van der Waals surface area contributed by atoms with Crippen molar-refractivity contribution in [1.82, 2.24) is 0 Å². The van der Waals surface area contributed by atoms with Gasteiger partial charge < -0.3 is 16.2 Å². The Bertz CT molecular complexity index is 797. The minimum absolute atomic E-state index is 0.0917. The molecule has 0 saturated heterocycles. The Morgan fingerprint density at radius 2 is 1.57 bits per heavy atom. The maximum atomic E-state index is 11.9. The van der Waals surface area contributed by atoms with E-state index in [1.807, 2.05) is 0 Å². The third kappa shape index (κ3) is 4.04. The summed E-state index contributed by atoms with van der Waals surface area (Å²) in [6, 6.07) is 12.7. The normalized spacial score (nSPS) is 10.4. The van der Waals surface area contributed by atoms with E-state index in [-0.39, 0.29) is 11.1 Å². The Morgan fingerprint density at radius 3 is 2.22 bits per heavy atom. The summed E-state index contributed by atoms with van der Waals surface area (Å²) in [7, 11) is 0. The van der Waals surface area contributed by atoms with Crippen molar-refractivity contribution in [3.63, 3.8) is 0 Å². The second kappa shape index (κ2) is 7.04. The highest BCUT2D eigenvalue weighted by Crippen LogP contribution is 2.15. The Balaban J connectivity index is 2.18. The minimum atomic E-state index is -1.08. The molecule has 23 heavy (non-hydrogen) atoms. The zero-order valence-electron chi connectivity index (χ0n) is 12.0. The zero-order chi connectivity index (χ0) is 16.8. The van der Waals surface area contributed by atoms with Gasteiger partial charge in [-0.2, -0.15) is 0 Å². The summed E-state index contributed by atoms with van der Waals surface area (Å²) in [6.07, 6.45) is 2.59. The number of anilines is 1. The van der Waals surface area contributed by atoms with Gasteiger partial charge in [-0.3, -0.25) is 9.59 Å². The molecule has 0 aliphatic heterocycles. The summed E-state index contributed by atoms with van der Waals surface area (Å²) in [5.41, 5.74) is 6.22. The van der Waals surface area contributed by atoms with Crippen LogP contribution < -0.4 is 11.1 Å². The van der Waals surface area contributed by atoms with Gasteiger partial charge in [0, 0.05) is 6.08 Å². The van der Waals surface area contributed by atoms with Gasteiger partial charge in [0.15, 0.2) is 0 Å². The molecule has 0 atom stereocenters. The summed E-state index contributed by atoms with van der Waals surface area (Å²) in [4.78, 5) is 34.3. The standard InChI is InChI=1S/C17H14N2O4/c18-16(21)13-7-3-4-8-14(13)19-15(20)10-9-11-5-1-2-6-12(11)17(22)23/h1-10H,(H2,18,21)(H,19,20)(H,22,23). The molecular formula is C17H14N2O4. The van der Waals surface area contributed by atoms with E-state index in [4.69, 9.17) is 10.8 Å². The van der Waals surface area contributed by atoms with Crippen LogP contribution >= 0.6 is 0 Å². The van der Waals surface area contributed by atoms with Gasteiger partial charge in [-0.25, -0.2) is 4.79 Å². The Kier molecular flexibility index (Phi) is 4.89. The fourth-order valence-corrected chi connectivity index (χ4v) is 1.98. The van der Waals surface area contributed by atoms with E-state index >= 15 is 0 Å². The fraction of sp³-hybridized carbons (Fsp3) is 0. The molecule has 0 radical (unpaired) electrons. The first-order valence-corrected chi connectivity index (χ1v) is 6.69. The van der Waals surface area contributed by atoms with Gasteiger partial charge in [-0.1, -0.05) is 30.3 Å². The number of carbonyl (C=O) groups is 3. The van der Waals surface area contributed by atoms with Crippen molar-refractivity contribution in [3.05, 3.63) is 71.3 Å². The van der Waals surface area contributed by atoms with E-state index in [0.717, 1.165) is 0 Å². The minimum Gasteiger partial charge on any atom is -0.478 e. The summed E-state index contributed by atoms with van der Waals surface area (Å²) < 4.78 is 0. The molecule has 0 spiro atoms. The van der Waals surface area contributed by atoms with Crippen LogP contribution in [-0.4, -0.2) is 22.9 Å². The number of benzene rings is 2. The lowest BCUT2D eigenvalue weighted by Crippen LogP contribution is -2.16. The molecule has 2 rings (SSSR count). The van der Waals surface area contributed by atoms with E-state index in [2.05, 4.69) is 5.32 Å². The molecule has 0 bridgehead atoms. The van der Waals surface area contributed by atoms with Crippen LogP contribution in [0.5, 0.6) is 0 Å². The molecular weight excluding hydrogens is 296 g/mol. The van der Waals surface area contributed by atoms with Crippen molar-refractivity contribution in [1.29, 1.82) is 0 Å². The van der Waals surface area contributed by atoms with Crippen molar-refractivity contribution in [2.24, 2.45) is 5.73 Å². The van der Waals surface area contributed by atoms with Crippen molar-refractivity contribution in [2.45, 2.75) is 0 Å². The lowest BCUT2D eigenvalue weighted by molar-refractivity contribution is -0.111. The third-order valence-corrected chi connectivity index (χ3v) is 3.06. The zero-order valence-corrected chi connectivity index (χ0v) is 12.0. The van der Waals surface area contributed by atoms with E-state index in [0.29, 0.717) is 11.3 Å². The first kappa shape index (κ1) is 16.0. The van der Waals surface area contributed by atoms with Gasteiger partial charge in [-0.05, 0) is 29.8 Å². The SMILES string of the molecule is NC(=O)c1ccccc1NC(=O)C=Cc1ccccc1C(=O)O. The predicted molar refractivity (Wildman–Crippen MR) is 86.0 cm³/mol. The monoisotopic (exact) mass is 310 g/mol. The summed E-state index contributed by atoms with van der Waals surface area (Å²) in [5, 5.41) is 11.6. The molecule has 0 aliphatic carbocycles. The largest absolute Gasteiger partial charge is 0.478 e. The van der Waals surface area contributed by atoms with Crippen molar-refractivity contribution < 1.29 is 19.5 Å². The maximum absolute atomic E-state index is 11.9. The third-order valence-electron chi connectivity index (χ3n) is 3.06. The number of nitrogens with one attached hydrogen (secondary N) is 1. The van der Waals surface area contributed by atoms with Crippen LogP contribution in [0.3, 0.4) is 0 Å². The molecule has 2 aromatic rings. The Labute approximate surface area is 132 Å². The number of amides is 2. The van der Waals surface area contributed by atoms with Gasteiger partial charge in [0.1, 0.15) is 0 Å². The van der Waals surface area contributed by atoms with E-state index < -0.39 is 17.8 Å². The Morgan fingerprint density at radius 1 is 0.957 bits per heavy atom. The van der Waals surface area contributed by atoms with Gasteiger partial charge in [0.05, 0.1) is 16.8 Å². The summed E-state index contributed by atoms with van der Waals surface area (Å²) in [6.45, 7) is 0. The number of aromatic carboxylic acids is 1. The number of para-hydroxylation sites is 1. The van der Waals surface area contributed by atoms with Gasteiger partial charge in [0.25, 0.3) is 5.91 Å². The van der Waals surface area contributed by atoms with Crippen LogP contribution in [0.2, 0.25) is 0 Å². The van der Waals surface area contributed by atoms with Crippen molar-refractivity contribution >= 4 is 29.5 Å². The Hall–Kier alpha value is -3.41. The van der Waals surface area contributed by atoms with Gasteiger partial charge >= 0.3 is 5.97 Å². The number of hydrogen-bond acceptors (Lipinski definition) is 3. The van der Waals surface area contributed by atoms with Crippen LogP contribution in [0.25, 0.3) is 6.08 Å². The molecule has 0 saturated carbocycles.